The van der Waals surface area contributed by atoms with Crippen LogP contribution in [0.1, 0.15) is 38.7 Å². The Morgan fingerprint density at radius 2 is 1.41 bits per heavy atom. The molecule has 234 valence electrons. The fourth-order valence-electron chi connectivity index (χ4n) is 9.86. The van der Waals surface area contributed by atoms with Crippen molar-refractivity contribution in [1.29, 1.82) is 0 Å². The van der Waals surface area contributed by atoms with E-state index in [1.165, 1.54) is 67.1 Å². The summed E-state index contributed by atoms with van der Waals surface area (Å²) in [6.45, 7) is 4.76. The average Bonchev–Trinajstić information content (AvgIpc) is 3.60. The lowest BCUT2D eigenvalue weighted by Crippen LogP contribution is -2.54. The maximum absolute atomic E-state index is 6.58. The van der Waals surface area contributed by atoms with E-state index in [4.69, 9.17) is 4.42 Å². The standard InChI is InChI=1S/C46H35N2O/c1-3-45-28-46(45,4-2)47-23-22-30-14-8-9-15-33(30)44(47)38-25-32(19-20-39(38)45)48-40-17-11-10-16-34(40)35-26-37-36-24-31(29-12-6-5-7-13-29)18-21-42(36)49-43(37)27-41(35)48/h5-27H,3-4,28H2,1-2H3/q+1. The van der Waals surface area contributed by atoms with Gasteiger partial charge in [-0.15, -0.1) is 0 Å². The van der Waals surface area contributed by atoms with Crippen molar-refractivity contribution < 1.29 is 8.98 Å². The highest BCUT2D eigenvalue weighted by molar-refractivity contribution is 6.17. The molecular weight excluding hydrogens is 597 g/mol. The summed E-state index contributed by atoms with van der Waals surface area (Å²) in [5.74, 6) is 0. The minimum atomic E-state index is 0.135. The van der Waals surface area contributed by atoms with E-state index < -0.39 is 0 Å². The van der Waals surface area contributed by atoms with Crippen LogP contribution in [0.3, 0.4) is 0 Å². The summed E-state index contributed by atoms with van der Waals surface area (Å²) in [5.41, 5.74) is 12.3. The molecule has 0 bridgehead atoms. The molecule has 3 heteroatoms. The summed E-state index contributed by atoms with van der Waals surface area (Å²) in [6.07, 6.45) is 5.83. The number of rotatable bonds is 4. The highest BCUT2D eigenvalue weighted by Crippen LogP contribution is 2.68. The van der Waals surface area contributed by atoms with Crippen LogP contribution in [0, 0.1) is 0 Å². The van der Waals surface area contributed by atoms with Crippen molar-refractivity contribution in [2.75, 3.05) is 0 Å². The van der Waals surface area contributed by atoms with E-state index in [1.54, 1.807) is 0 Å². The van der Waals surface area contributed by atoms with Crippen molar-refractivity contribution in [3.8, 4) is 28.1 Å². The SMILES string of the molecule is CCC12CC1(CC)[n+]1ccc3ccccc3c1-c1cc(-n3c4ccccc4c4cc5c(cc43)oc3ccc(-c4ccccc4)cc35)ccc12. The lowest BCUT2D eigenvalue weighted by molar-refractivity contribution is -0.734. The van der Waals surface area contributed by atoms with E-state index >= 15 is 0 Å². The van der Waals surface area contributed by atoms with Crippen LogP contribution in [0.2, 0.25) is 0 Å². The number of hydrogen-bond donors (Lipinski definition) is 0. The predicted molar refractivity (Wildman–Crippen MR) is 201 cm³/mol. The molecule has 9 aromatic rings. The lowest BCUT2D eigenvalue weighted by atomic mass is 9.78. The van der Waals surface area contributed by atoms with Crippen LogP contribution in [0.25, 0.3) is 82.6 Å². The van der Waals surface area contributed by atoms with E-state index in [-0.39, 0.29) is 11.0 Å². The first-order valence-corrected chi connectivity index (χ1v) is 17.7. The molecule has 1 saturated carbocycles. The van der Waals surface area contributed by atoms with Crippen LogP contribution in [0.4, 0.5) is 0 Å². The maximum Gasteiger partial charge on any atom is 0.221 e. The molecule has 49 heavy (non-hydrogen) atoms. The Morgan fingerprint density at radius 1 is 0.612 bits per heavy atom. The van der Waals surface area contributed by atoms with Gasteiger partial charge in [0, 0.05) is 52.2 Å². The molecule has 0 radical (unpaired) electrons. The first-order valence-electron chi connectivity index (χ1n) is 17.7. The Bertz CT molecular complexity index is 2840. The molecule has 11 rings (SSSR count). The number of benzene rings is 6. The molecule has 6 aromatic carbocycles. The van der Waals surface area contributed by atoms with E-state index in [0.29, 0.717) is 0 Å². The van der Waals surface area contributed by atoms with Crippen LogP contribution in [0.5, 0.6) is 0 Å². The number of para-hydroxylation sites is 1. The fourth-order valence-corrected chi connectivity index (χ4v) is 9.86. The van der Waals surface area contributed by atoms with Crippen molar-refractivity contribution in [2.24, 2.45) is 0 Å². The number of aromatic nitrogens is 2. The van der Waals surface area contributed by atoms with Crippen molar-refractivity contribution in [2.45, 2.75) is 44.1 Å². The van der Waals surface area contributed by atoms with Crippen LogP contribution in [0.15, 0.2) is 144 Å². The third kappa shape index (κ3) is 3.40. The number of pyridine rings is 1. The highest BCUT2D eigenvalue weighted by atomic mass is 16.3. The van der Waals surface area contributed by atoms with Gasteiger partial charge in [0.15, 0.2) is 11.7 Å². The van der Waals surface area contributed by atoms with Gasteiger partial charge >= 0.3 is 0 Å². The van der Waals surface area contributed by atoms with E-state index in [9.17, 15) is 0 Å². The minimum absolute atomic E-state index is 0.135. The molecule has 0 saturated heterocycles. The maximum atomic E-state index is 6.58. The van der Waals surface area contributed by atoms with E-state index in [2.05, 4.69) is 163 Å². The van der Waals surface area contributed by atoms with Gasteiger partial charge in [-0.1, -0.05) is 92.7 Å². The lowest BCUT2D eigenvalue weighted by Gasteiger charge is -2.30. The van der Waals surface area contributed by atoms with Gasteiger partial charge in [-0.2, -0.15) is 4.57 Å². The zero-order chi connectivity index (χ0) is 32.5. The third-order valence-corrected chi connectivity index (χ3v) is 12.3. The molecule has 3 aromatic heterocycles. The second-order valence-electron chi connectivity index (χ2n) is 14.2. The molecule has 0 spiro atoms. The van der Waals surface area contributed by atoms with Crippen LogP contribution >= 0.6 is 0 Å². The Labute approximate surface area is 284 Å². The molecule has 2 unspecified atom stereocenters. The zero-order valence-electron chi connectivity index (χ0n) is 27.7. The first kappa shape index (κ1) is 27.3. The Hall–Kier alpha value is -5.67. The van der Waals surface area contributed by atoms with Crippen LogP contribution in [-0.2, 0) is 11.0 Å². The number of hydrogen-bond acceptors (Lipinski definition) is 1. The predicted octanol–water partition coefficient (Wildman–Crippen LogP) is 11.6. The topological polar surface area (TPSA) is 21.9 Å². The smallest absolute Gasteiger partial charge is 0.221 e. The minimum Gasteiger partial charge on any atom is -0.456 e. The van der Waals surface area contributed by atoms with Crippen molar-refractivity contribution in [3.63, 3.8) is 0 Å². The van der Waals surface area contributed by atoms with Gasteiger partial charge in [-0.25, -0.2) is 0 Å². The number of fused-ring (bicyclic) bond motifs is 14. The molecule has 3 nitrogen and oxygen atoms in total. The van der Waals surface area contributed by atoms with Gasteiger partial charge in [0.1, 0.15) is 11.2 Å². The summed E-state index contributed by atoms with van der Waals surface area (Å²) >= 11 is 0. The van der Waals surface area contributed by atoms with Crippen LogP contribution in [-0.4, -0.2) is 4.57 Å². The third-order valence-electron chi connectivity index (χ3n) is 12.3. The Kier molecular flexibility index (Phi) is 5.28. The molecule has 1 aliphatic carbocycles. The molecule has 0 amide bonds. The van der Waals surface area contributed by atoms with E-state index in [1.807, 2.05) is 0 Å². The average molecular weight is 632 g/mol. The van der Waals surface area contributed by atoms with Crippen molar-refractivity contribution >= 4 is 54.5 Å². The summed E-state index contributed by atoms with van der Waals surface area (Å²) in [5, 5.41) is 7.42. The van der Waals surface area contributed by atoms with Gasteiger partial charge in [0.25, 0.3) is 0 Å². The number of nitrogens with zero attached hydrogens (tertiary/aromatic N) is 2. The second-order valence-corrected chi connectivity index (χ2v) is 14.2. The van der Waals surface area contributed by atoms with E-state index in [0.717, 1.165) is 40.3 Å². The molecule has 2 atom stereocenters. The Morgan fingerprint density at radius 3 is 2.27 bits per heavy atom. The van der Waals surface area contributed by atoms with Gasteiger partial charge in [0.2, 0.25) is 5.69 Å². The van der Waals surface area contributed by atoms with Gasteiger partial charge in [-0.3, -0.25) is 0 Å². The summed E-state index contributed by atoms with van der Waals surface area (Å²) < 4.78 is 11.7. The quantitative estimate of drug-likeness (QED) is 0.177. The molecule has 0 N–H and O–H groups in total. The zero-order valence-corrected chi connectivity index (χ0v) is 27.7. The molecule has 2 aliphatic rings. The van der Waals surface area contributed by atoms with Gasteiger partial charge in [-0.05, 0) is 71.0 Å². The second kappa shape index (κ2) is 9.48. The largest absolute Gasteiger partial charge is 0.456 e. The summed E-state index contributed by atoms with van der Waals surface area (Å²) in [6, 6.07) is 49.2. The van der Waals surface area contributed by atoms with Gasteiger partial charge in [0.05, 0.1) is 27.4 Å². The molecular formula is C46H35N2O+. The first-order chi connectivity index (χ1) is 24.1. The van der Waals surface area contributed by atoms with Crippen molar-refractivity contribution in [3.05, 3.63) is 145 Å². The van der Waals surface area contributed by atoms with Crippen molar-refractivity contribution in [1.82, 2.24) is 4.57 Å². The molecule has 1 fully saturated rings. The monoisotopic (exact) mass is 631 g/mol. The summed E-state index contributed by atoms with van der Waals surface area (Å²) in [7, 11) is 0. The van der Waals surface area contributed by atoms with Crippen LogP contribution < -0.4 is 4.57 Å². The number of furan rings is 1. The Balaban J connectivity index is 1.18. The summed E-state index contributed by atoms with van der Waals surface area (Å²) in [4.78, 5) is 0. The normalized spacial score (nSPS) is 19.5. The molecule has 4 heterocycles. The van der Waals surface area contributed by atoms with Gasteiger partial charge < -0.3 is 8.98 Å². The molecule has 1 aliphatic heterocycles. The fraction of sp³-hybridized carbons (Fsp3) is 0.152. The highest BCUT2D eigenvalue weighted by Gasteiger charge is 2.76.